The molecule has 26 heavy (non-hydrogen) atoms. The third-order valence-corrected chi connectivity index (χ3v) is 4.24. The zero-order valence-electron chi connectivity index (χ0n) is 16.2. The van der Waals surface area contributed by atoms with E-state index in [-0.39, 0.29) is 22.6 Å². The van der Waals surface area contributed by atoms with E-state index >= 15 is 0 Å². The zero-order valence-corrected chi connectivity index (χ0v) is 16.2. The first-order chi connectivity index (χ1) is 12.3. The molecule has 4 nitrogen and oxygen atoms in total. The maximum Gasteiger partial charge on any atom is 0.339 e. The topological polar surface area (TPSA) is 77.8 Å². The summed E-state index contributed by atoms with van der Waals surface area (Å²) in [5.41, 5.74) is 3.00. The van der Waals surface area contributed by atoms with E-state index in [4.69, 9.17) is 0 Å². The molecule has 1 rings (SSSR count). The molecule has 4 heteroatoms. The van der Waals surface area contributed by atoms with Gasteiger partial charge in [-0.3, -0.25) is 0 Å². The van der Waals surface area contributed by atoms with Crippen LogP contribution < -0.4 is 0 Å². The van der Waals surface area contributed by atoms with Crippen molar-refractivity contribution < 1.29 is 20.1 Å². The van der Waals surface area contributed by atoms with Gasteiger partial charge in [0, 0.05) is 5.56 Å². The van der Waals surface area contributed by atoms with Crippen molar-refractivity contribution in [1.82, 2.24) is 0 Å². The van der Waals surface area contributed by atoms with E-state index in [9.17, 15) is 20.1 Å². The second-order valence-electron chi connectivity index (χ2n) is 6.74. The third-order valence-electron chi connectivity index (χ3n) is 4.24. The summed E-state index contributed by atoms with van der Waals surface area (Å²) in [6.45, 7) is 8.00. The quantitative estimate of drug-likeness (QED) is 0.506. The monoisotopic (exact) mass is 358 g/mol. The number of hydrogen-bond donors (Lipinski definition) is 3. The van der Waals surface area contributed by atoms with Crippen LogP contribution in [0.5, 0.6) is 11.5 Å². The molecule has 0 fully saturated rings. The number of aromatic hydroxyl groups is 2. The van der Waals surface area contributed by atoms with Gasteiger partial charge in [-0.15, -0.1) is 0 Å². The molecule has 0 amide bonds. The minimum absolute atomic E-state index is 0.0590. The standard InChI is InChI=1S/C22H30O4/c1-5-6-7-11-17-14-19(23)18(21(24)20(17)22(25)26)13-12-16(4)10-8-9-15(2)3/h5-6,9,12,14,23-24H,7-8,10-11,13H2,1-4H3,(H,25,26)/b6-5?,16-12+. The number of aryl methyl sites for hydroxylation is 1. The molecular weight excluding hydrogens is 328 g/mol. The van der Waals surface area contributed by atoms with Crippen LogP contribution in [0.2, 0.25) is 0 Å². The van der Waals surface area contributed by atoms with Gasteiger partial charge >= 0.3 is 5.97 Å². The molecule has 0 radical (unpaired) electrons. The van der Waals surface area contributed by atoms with Crippen molar-refractivity contribution >= 4 is 5.97 Å². The van der Waals surface area contributed by atoms with Crippen molar-refractivity contribution in [3.8, 4) is 11.5 Å². The maximum atomic E-state index is 11.6. The van der Waals surface area contributed by atoms with Gasteiger partial charge in [-0.05, 0) is 71.4 Å². The van der Waals surface area contributed by atoms with E-state index < -0.39 is 5.97 Å². The Bertz CT molecular complexity index is 720. The molecular formula is C22H30O4. The van der Waals surface area contributed by atoms with Crippen LogP contribution in [-0.2, 0) is 12.8 Å². The lowest BCUT2D eigenvalue weighted by Crippen LogP contribution is -2.05. The van der Waals surface area contributed by atoms with Crippen molar-refractivity contribution in [3.63, 3.8) is 0 Å². The van der Waals surface area contributed by atoms with Crippen LogP contribution in [0.25, 0.3) is 0 Å². The predicted molar refractivity (Wildman–Crippen MR) is 106 cm³/mol. The van der Waals surface area contributed by atoms with Gasteiger partial charge in [0.2, 0.25) is 0 Å². The molecule has 0 heterocycles. The first kappa shape index (κ1) is 21.6. The maximum absolute atomic E-state index is 11.6. The second kappa shape index (κ2) is 10.5. The Morgan fingerprint density at radius 3 is 2.38 bits per heavy atom. The van der Waals surface area contributed by atoms with Crippen LogP contribution in [0.1, 0.15) is 68.4 Å². The summed E-state index contributed by atoms with van der Waals surface area (Å²) in [5.74, 6) is -1.57. The van der Waals surface area contributed by atoms with Gasteiger partial charge < -0.3 is 15.3 Å². The molecule has 0 saturated carbocycles. The van der Waals surface area contributed by atoms with E-state index in [1.807, 2.05) is 32.1 Å². The second-order valence-corrected chi connectivity index (χ2v) is 6.74. The minimum Gasteiger partial charge on any atom is -0.508 e. The van der Waals surface area contributed by atoms with Gasteiger partial charge in [0.05, 0.1) is 0 Å². The average molecular weight is 358 g/mol. The fourth-order valence-corrected chi connectivity index (χ4v) is 2.76. The van der Waals surface area contributed by atoms with Crippen LogP contribution in [0.15, 0.2) is 41.5 Å². The first-order valence-corrected chi connectivity index (χ1v) is 8.98. The van der Waals surface area contributed by atoms with Crippen LogP contribution in [-0.4, -0.2) is 21.3 Å². The summed E-state index contributed by atoms with van der Waals surface area (Å²) in [4.78, 5) is 11.6. The fourth-order valence-electron chi connectivity index (χ4n) is 2.76. The number of carboxylic acid groups (broad SMARTS) is 1. The summed E-state index contributed by atoms with van der Waals surface area (Å²) in [7, 11) is 0. The predicted octanol–water partition coefficient (Wildman–Crippen LogP) is 5.54. The largest absolute Gasteiger partial charge is 0.508 e. The van der Waals surface area contributed by atoms with Crippen LogP contribution in [0.4, 0.5) is 0 Å². The summed E-state index contributed by atoms with van der Waals surface area (Å²) in [6, 6.07) is 1.47. The van der Waals surface area contributed by atoms with Gasteiger partial charge in [0.1, 0.15) is 17.1 Å². The molecule has 0 spiro atoms. The molecule has 142 valence electrons. The Kier molecular flexibility index (Phi) is 8.70. The highest BCUT2D eigenvalue weighted by Gasteiger charge is 2.21. The lowest BCUT2D eigenvalue weighted by molar-refractivity contribution is 0.0692. The van der Waals surface area contributed by atoms with Crippen molar-refractivity contribution in [2.75, 3.05) is 0 Å². The van der Waals surface area contributed by atoms with E-state index in [1.54, 1.807) is 0 Å². The number of allylic oxidation sites excluding steroid dienone is 6. The van der Waals surface area contributed by atoms with Gasteiger partial charge in [-0.2, -0.15) is 0 Å². The Balaban J connectivity index is 3.07. The molecule has 0 aromatic heterocycles. The Morgan fingerprint density at radius 1 is 1.12 bits per heavy atom. The average Bonchev–Trinajstić information content (AvgIpc) is 2.53. The molecule has 0 aliphatic heterocycles. The van der Waals surface area contributed by atoms with E-state index in [0.29, 0.717) is 24.8 Å². The Labute approximate surface area is 156 Å². The number of carboxylic acids is 1. The van der Waals surface area contributed by atoms with E-state index in [0.717, 1.165) is 18.4 Å². The lowest BCUT2D eigenvalue weighted by Gasteiger charge is -2.13. The van der Waals surface area contributed by atoms with Crippen molar-refractivity contribution in [3.05, 3.63) is 58.2 Å². The van der Waals surface area contributed by atoms with Crippen molar-refractivity contribution in [2.45, 2.75) is 59.8 Å². The van der Waals surface area contributed by atoms with Crippen LogP contribution in [0.3, 0.4) is 0 Å². The summed E-state index contributed by atoms with van der Waals surface area (Å²) >= 11 is 0. The summed E-state index contributed by atoms with van der Waals surface area (Å²) in [5, 5.41) is 30.2. The molecule has 3 N–H and O–H groups in total. The molecule has 0 aliphatic carbocycles. The van der Waals surface area contributed by atoms with E-state index in [2.05, 4.69) is 19.9 Å². The highest BCUT2D eigenvalue weighted by atomic mass is 16.4. The lowest BCUT2D eigenvalue weighted by atomic mass is 9.95. The molecule has 0 unspecified atom stereocenters. The third kappa shape index (κ3) is 6.43. The highest BCUT2D eigenvalue weighted by molar-refractivity contribution is 5.93. The first-order valence-electron chi connectivity index (χ1n) is 8.98. The number of rotatable bonds is 9. The van der Waals surface area contributed by atoms with Gasteiger partial charge in [-0.25, -0.2) is 4.79 Å². The molecule has 1 aromatic carbocycles. The molecule has 0 aliphatic rings. The number of hydrogen-bond acceptors (Lipinski definition) is 3. The summed E-state index contributed by atoms with van der Waals surface area (Å²) in [6.07, 6.45) is 11.1. The van der Waals surface area contributed by atoms with Crippen LogP contribution in [0, 0.1) is 0 Å². The number of phenolic OH excluding ortho intramolecular Hbond substituents is 1. The van der Waals surface area contributed by atoms with Gasteiger partial charge in [0.15, 0.2) is 0 Å². The number of carbonyl (C=O) groups is 1. The van der Waals surface area contributed by atoms with Crippen LogP contribution >= 0.6 is 0 Å². The van der Waals surface area contributed by atoms with Gasteiger partial charge in [0.25, 0.3) is 0 Å². The Hall–Kier alpha value is -2.49. The molecule has 0 saturated heterocycles. The minimum atomic E-state index is -1.18. The number of benzene rings is 1. The highest BCUT2D eigenvalue weighted by Crippen LogP contribution is 2.35. The number of aromatic carboxylic acids is 1. The smallest absolute Gasteiger partial charge is 0.339 e. The number of phenols is 2. The fraction of sp³-hybridized carbons (Fsp3) is 0.409. The SMILES string of the molecule is CC=CCCc1cc(O)c(C/C=C(\C)CCC=C(C)C)c(O)c1C(=O)O. The normalized spacial score (nSPS) is 11.8. The van der Waals surface area contributed by atoms with E-state index in [1.165, 1.54) is 11.6 Å². The Morgan fingerprint density at radius 2 is 1.81 bits per heavy atom. The molecule has 0 bridgehead atoms. The zero-order chi connectivity index (χ0) is 19.7. The van der Waals surface area contributed by atoms with Crippen molar-refractivity contribution in [1.29, 1.82) is 0 Å². The van der Waals surface area contributed by atoms with Crippen molar-refractivity contribution in [2.24, 2.45) is 0 Å². The summed E-state index contributed by atoms with van der Waals surface area (Å²) < 4.78 is 0. The molecule has 1 aromatic rings. The van der Waals surface area contributed by atoms with Gasteiger partial charge in [-0.1, -0.05) is 35.5 Å². The molecule has 0 atom stereocenters.